The average Bonchev–Trinajstić information content (AvgIpc) is 2.47. The SMILES string of the molecule is Cc1cc(C)cc(N2CCCN(C)C(CN)C2=O)c1. The van der Waals surface area contributed by atoms with E-state index in [-0.39, 0.29) is 11.9 Å². The van der Waals surface area contributed by atoms with Gasteiger partial charge in [0.25, 0.3) is 0 Å². The maximum Gasteiger partial charge on any atom is 0.245 e. The highest BCUT2D eigenvalue weighted by Crippen LogP contribution is 2.22. The van der Waals surface area contributed by atoms with Gasteiger partial charge in [-0.3, -0.25) is 9.69 Å². The first-order valence-electron chi connectivity index (χ1n) is 6.83. The summed E-state index contributed by atoms with van der Waals surface area (Å²) in [6.45, 7) is 6.17. The first kappa shape index (κ1) is 14.0. The van der Waals surface area contributed by atoms with E-state index in [1.54, 1.807) is 0 Å². The lowest BCUT2D eigenvalue weighted by atomic mass is 10.1. The first-order valence-corrected chi connectivity index (χ1v) is 6.83. The fourth-order valence-corrected chi connectivity index (χ4v) is 2.76. The van der Waals surface area contributed by atoms with Gasteiger partial charge in [0.1, 0.15) is 6.04 Å². The van der Waals surface area contributed by atoms with Crippen LogP contribution in [0.15, 0.2) is 18.2 Å². The summed E-state index contributed by atoms with van der Waals surface area (Å²) in [5, 5.41) is 0. The molecule has 1 atom stereocenters. The molecule has 2 rings (SSSR count). The molecule has 1 aliphatic heterocycles. The smallest absolute Gasteiger partial charge is 0.245 e. The van der Waals surface area contributed by atoms with Gasteiger partial charge in [0, 0.05) is 25.3 Å². The molecule has 4 nitrogen and oxygen atoms in total. The van der Waals surface area contributed by atoms with Crippen LogP contribution in [0.5, 0.6) is 0 Å². The number of hydrogen-bond donors (Lipinski definition) is 1. The molecule has 1 aromatic rings. The molecule has 2 N–H and O–H groups in total. The van der Waals surface area contributed by atoms with Gasteiger partial charge in [-0.05, 0) is 50.6 Å². The molecule has 1 aromatic carbocycles. The standard InChI is InChI=1S/C15H23N3O/c1-11-7-12(2)9-13(8-11)18-6-4-5-17(3)14(10-16)15(18)19/h7-9,14H,4-6,10,16H2,1-3H3. The highest BCUT2D eigenvalue weighted by Gasteiger charge is 2.30. The van der Waals surface area contributed by atoms with Gasteiger partial charge in [0.15, 0.2) is 0 Å². The molecular formula is C15H23N3O. The number of carbonyl (C=O) groups excluding carboxylic acids is 1. The first-order chi connectivity index (χ1) is 9.02. The molecular weight excluding hydrogens is 238 g/mol. The Morgan fingerprint density at radius 1 is 1.21 bits per heavy atom. The number of likely N-dealkylation sites (N-methyl/N-ethyl adjacent to an activating group) is 1. The number of nitrogens with zero attached hydrogens (tertiary/aromatic N) is 2. The zero-order valence-corrected chi connectivity index (χ0v) is 12.0. The molecule has 4 heteroatoms. The molecule has 0 aliphatic carbocycles. The van der Waals surface area contributed by atoms with E-state index < -0.39 is 0 Å². The van der Waals surface area contributed by atoms with Crippen molar-refractivity contribution in [2.24, 2.45) is 5.73 Å². The lowest BCUT2D eigenvalue weighted by Gasteiger charge is -2.27. The highest BCUT2D eigenvalue weighted by atomic mass is 16.2. The van der Waals surface area contributed by atoms with Gasteiger partial charge < -0.3 is 10.6 Å². The molecule has 1 saturated heterocycles. The molecule has 1 fully saturated rings. The minimum Gasteiger partial charge on any atom is -0.328 e. The molecule has 0 bridgehead atoms. The summed E-state index contributed by atoms with van der Waals surface area (Å²) in [7, 11) is 1.97. The zero-order chi connectivity index (χ0) is 14.0. The second kappa shape index (κ2) is 5.72. The maximum absolute atomic E-state index is 12.6. The number of rotatable bonds is 2. The third kappa shape index (κ3) is 2.96. The van der Waals surface area contributed by atoms with Gasteiger partial charge in [0.2, 0.25) is 5.91 Å². The van der Waals surface area contributed by atoms with Gasteiger partial charge in [-0.25, -0.2) is 0 Å². The van der Waals surface area contributed by atoms with E-state index in [2.05, 4.69) is 36.9 Å². The predicted octanol–water partition coefficient (Wildman–Crippen LogP) is 1.30. The second-order valence-corrected chi connectivity index (χ2v) is 5.42. The number of amides is 1. The van der Waals surface area contributed by atoms with E-state index in [0.29, 0.717) is 6.54 Å². The Morgan fingerprint density at radius 2 is 1.84 bits per heavy atom. The fraction of sp³-hybridized carbons (Fsp3) is 0.533. The van der Waals surface area contributed by atoms with Crippen molar-refractivity contribution < 1.29 is 4.79 Å². The van der Waals surface area contributed by atoms with Gasteiger partial charge >= 0.3 is 0 Å². The van der Waals surface area contributed by atoms with Crippen molar-refractivity contribution in [3.63, 3.8) is 0 Å². The van der Waals surface area contributed by atoms with Crippen LogP contribution in [0.3, 0.4) is 0 Å². The Labute approximate surface area is 115 Å². The van der Waals surface area contributed by atoms with Crippen molar-refractivity contribution in [3.05, 3.63) is 29.3 Å². The van der Waals surface area contributed by atoms with Gasteiger partial charge in [-0.15, -0.1) is 0 Å². The molecule has 104 valence electrons. The predicted molar refractivity (Wildman–Crippen MR) is 78.4 cm³/mol. The maximum atomic E-state index is 12.6. The number of carbonyl (C=O) groups is 1. The third-order valence-corrected chi connectivity index (χ3v) is 3.72. The van der Waals surface area contributed by atoms with Crippen LogP contribution in [0, 0.1) is 13.8 Å². The van der Waals surface area contributed by atoms with Crippen LogP contribution in [-0.4, -0.2) is 43.5 Å². The van der Waals surface area contributed by atoms with Crippen LogP contribution >= 0.6 is 0 Å². The largest absolute Gasteiger partial charge is 0.328 e. The Kier molecular flexibility index (Phi) is 4.22. The van der Waals surface area contributed by atoms with Crippen LogP contribution in [0.25, 0.3) is 0 Å². The van der Waals surface area contributed by atoms with E-state index in [4.69, 9.17) is 5.73 Å². The monoisotopic (exact) mass is 261 g/mol. The van der Waals surface area contributed by atoms with Crippen LogP contribution in [0.1, 0.15) is 17.5 Å². The second-order valence-electron chi connectivity index (χ2n) is 5.42. The third-order valence-electron chi connectivity index (χ3n) is 3.72. The molecule has 1 unspecified atom stereocenters. The van der Waals surface area contributed by atoms with Crippen molar-refractivity contribution >= 4 is 11.6 Å². The number of anilines is 1. The Hall–Kier alpha value is -1.39. The van der Waals surface area contributed by atoms with Gasteiger partial charge in [0.05, 0.1) is 0 Å². The van der Waals surface area contributed by atoms with Crippen LogP contribution in [-0.2, 0) is 4.79 Å². The Bertz CT molecular complexity index is 452. The number of hydrogen-bond acceptors (Lipinski definition) is 3. The number of benzene rings is 1. The van der Waals surface area contributed by atoms with Crippen LogP contribution in [0.2, 0.25) is 0 Å². The van der Waals surface area contributed by atoms with Crippen molar-refractivity contribution in [2.75, 3.05) is 31.6 Å². The zero-order valence-electron chi connectivity index (χ0n) is 12.0. The van der Waals surface area contributed by atoms with Crippen molar-refractivity contribution in [2.45, 2.75) is 26.3 Å². The lowest BCUT2D eigenvalue weighted by molar-refractivity contribution is -0.122. The molecule has 0 saturated carbocycles. The Balaban J connectivity index is 2.34. The van der Waals surface area contributed by atoms with E-state index in [9.17, 15) is 4.79 Å². The number of nitrogens with two attached hydrogens (primary N) is 1. The topological polar surface area (TPSA) is 49.6 Å². The van der Waals surface area contributed by atoms with Gasteiger partial charge in [-0.1, -0.05) is 6.07 Å². The summed E-state index contributed by atoms with van der Waals surface area (Å²) in [5.41, 5.74) is 9.13. The van der Waals surface area contributed by atoms with E-state index in [0.717, 1.165) is 25.2 Å². The van der Waals surface area contributed by atoms with E-state index in [1.807, 2.05) is 11.9 Å². The Morgan fingerprint density at radius 3 is 2.42 bits per heavy atom. The lowest BCUT2D eigenvalue weighted by Crippen LogP contribution is -2.48. The van der Waals surface area contributed by atoms with Crippen LogP contribution < -0.4 is 10.6 Å². The van der Waals surface area contributed by atoms with E-state index >= 15 is 0 Å². The molecule has 0 spiro atoms. The molecule has 1 aliphatic rings. The summed E-state index contributed by atoms with van der Waals surface area (Å²) in [5.74, 6) is 0.118. The number of aryl methyl sites for hydroxylation is 2. The average molecular weight is 261 g/mol. The molecule has 1 amide bonds. The normalized spacial score (nSPS) is 21.6. The summed E-state index contributed by atoms with van der Waals surface area (Å²) < 4.78 is 0. The van der Waals surface area contributed by atoms with Gasteiger partial charge in [-0.2, -0.15) is 0 Å². The molecule has 19 heavy (non-hydrogen) atoms. The quantitative estimate of drug-likeness (QED) is 0.873. The van der Waals surface area contributed by atoms with E-state index in [1.165, 1.54) is 11.1 Å². The summed E-state index contributed by atoms with van der Waals surface area (Å²) in [6.07, 6.45) is 0.978. The summed E-state index contributed by atoms with van der Waals surface area (Å²) in [4.78, 5) is 16.6. The minimum atomic E-state index is -0.205. The highest BCUT2D eigenvalue weighted by molar-refractivity contribution is 5.97. The fourth-order valence-electron chi connectivity index (χ4n) is 2.76. The van der Waals surface area contributed by atoms with Crippen molar-refractivity contribution in [1.29, 1.82) is 0 Å². The van der Waals surface area contributed by atoms with Crippen LogP contribution in [0.4, 0.5) is 5.69 Å². The summed E-state index contributed by atoms with van der Waals surface area (Å²) >= 11 is 0. The molecule has 0 aromatic heterocycles. The minimum absolute atomic E-state index is 0.118. The molecule has 0 radical (unpaired) electrons. The molecule has 1 heterocycles. The van der Waals surface area contributed by atoms with Crippen molar-refractivity contribution in [3.8, 4) is 0 Å². The van der Waals surface area contributed by atoms with Crippen molar-refractivity contribution in [1.82, 2.24) is 4.90 Å². The summed E-state index contributed by atoms with van der Waals surface area (Å²) in [6, 6.07) is 6.06.